The Kier molecular flexibility index (Phi) is 5.29. The van der Waals surface area contributed by atoms with Gasteiger partial charge in [0, 0.05) is 12.6 Å². The van der Waals surface area contributed by atoms with Gasteiger partial charge in [-0.15, -0.1) is 16.4 Å². The molecule has 146 valence electrons. The molecule has 1 N–H and O–H groups in total. The van der Waals surface area contributed by atoms with Crippen LogP contribution in [0.15, 0.2) is 46.6 Å². The van der Waals surface area contributed by atoms with Gasteiger partial charge in [0.25, 0.3) is 0 Å². The largest absolute Gasteiger partial charge is 0.497 e. The number of benzene rings is 1. The average molecular weight is 398 g/mol. The number of thiophene rings is 1. The lowest BCUT2D eigenvalue weighted by Gasteiger charge is -2.06. The summed E-state index contributed by atoms with van der Waals surface area (Å²) in [6.45, 7) is 0.703. The summed E-state index contributed by atoms with van der Waals surface area (Å²) in [6, 6.07) is 11.6. The molecule has 4 rings (SSSR count). The Morgan fingerprint density at radius 1 is 1.32 bits per heavy atom. The fourth-order valence-electron chi connectivity index (χ4n) is 3.13. The van der Waals surface area contributed by atoms with E-state index >= 15 is 0 Å². The Balaban J connectivity index is 1.39. The van der Waals surface area contributed by atoms with Crippen molar-refractivity contribution in [1.82, 2.24) is 19.7 Å². The minimum Gasteiger partial charge on any atom is -0.497 e. The number of carbonyl (C=O) groups excluding carboxylic acids is 1. The van der Waals surface area contributed by atoms with Gasteiger partial charge in [-0.05, 0) is 42.0 Å². The van der Waals surface area contributed by atoms with Gasteiger partial charge < -0.3 is 10.1 Å². The van der Waals surface area contributed by atoms with E-state index in [1.165, 1.54) is 4.68 Å². The maximum Gasteiger partial charge on any atom is 0.346 e. The van der Waals surface area contributed by atoms with Crippen molar-refractivity contribution in [2.45, 2.75) is 31.8 Å². The molecule has 2 heterocycles. The molecule has 1 amide bonds. The third kappa shape index (κ3) is 4.01. The summed E-state index contributed by atoms with van der Waals surface area (Å²) in [7, 11) is 1.60. The van der Waals surface area contributed by atoms with Crippen molar-refractivity contribution in [2.75, 3.05) is 13.7 Å². The molecule has 0 saturated heterocycles. The Hall–Kier alpha value is -2.87. The van der Waals surface area contributed by atoms with Gasteiger partial charge in [0.15, 0.2) is 5.82 Å². The van der Waals surface area contributed by atoms with Crippen LogP contribution in [0.25, 0.3) is 10.7 Å². The molecule has 1 aliphatic carbocycles. The summed E-state index contributed by atoms with van der Waals surface area (Å²) in [5.41, 5.74) is 0.778. The number of carbonyl (C=O) groups is 1. The second-order valence-electron chi connectivity index (χ2n) is 6.79. The van der Waals surface area contributed by atoms with Gasteiger partial charge in [-0.3, -0.25) is 9.36 Å². The van der Waals surface area contributed by atoms with Crippen LogP contribution < -0.4 is 15.7 Å². The molecule has 1 aliphatic rings. The molecule has 8 heteroatoms. The van der Waals surface area contributed by atoms with Crippen LogP contribution in [0, 0.1) is 0 Å². The number of methoxy groups -OCH3 is 1. The number of hydrogen-bond acceptors (Lipinski definition) is 5. The molecular formula is C20H22N4O3S. The zero-order valence-corrected chi connectivity index (χ0v) is 16.4. The minimum absolute atomic E-state index is 0.0959. The second kappa shape index (κ2) is 8.02. The smallest absolute Gasteiger partial charge is 0.346 e. The number of ether oxygens (including phenoxy) is 1. The molecule has 0 unspecified atom stereocenters. The Bertz CT molecular complexity index is 1020. The normalized spacial score (nSPS) is 13.5. The van der Waals surface area contributed by atoms with E-state index in [1.54, 1.807) is 23.0 Å². The van der Waals surface area contributed by atoms with E-state index in [2.05, 4.69) is 10.4 Å². The number of aromatic nitrogens is 3. The van der Waals surface area contributed by atoms with Crippen LogP contribution in [0.3, 0.4) is 0 Å². The van der Waals surface area contributed by atoms with Gasteiger partial charge >= 0.3 is 5.69 Å². The van der Waals surface area contributed by atoms with Crippen molar-refractivity contribution < 1.29 is 9.53 Å². The zero-order chi connectivity index (χ0) is 19.5. The van der Waals surface area contributed by atoms with Crippen LogP contribution in [0.1, 0.15) is 24.4 Å². The number of amides is 1. The molecule has 3 aromatic rings. The van der Waals surface area contributed by atoms with Gasteiger partial charge in [0.2, 0.25) is 5.91 Å². The summed E-state index contributed by atoms with van der Waals surface area (Å²) in [6.07, 6.45) is 2.30. The number of rotatable bonds is 8. The molecule has 0 bridgehead atoms. The van der Waals surface area contributed by atoms with Crippen LogP contribution in [0.4, 0.5) is 0 Å². The first-order valence-corrected chi connectivity index (χ1v) is 10.2. The first-order chi connectivity index (χ1) is 13.7. The summed E-state index contributed by atoms with van der Waals surface area (Å²) < 4.78 is 8.43. The van der Waals surface area contributed by atoms with Crippen LogP contribution in [-0.2, 0) is 17.8 Å². The standard InChI is InChI=1S/C20H22N4O3S/c1-27-16-5-2-4-14(12-16)13-18(25)21-9-10-23-20(26)24(15-7-8-15)19(22-23)17-6-3-11-28-17/h2-6,11-12,15H,7-10,13H2,1H3,(H,21,25). The molecule has 0 radical (unpaired) electrons. The maximum absolute atomic E-state index is 12.7. The molecule has 28 heavy (non-hydrogen) atoms. The summed E-state index contributed by atoms with van der Waals surface area (Å²) in [5, 5.41) is 9.37. The van der Waals surface area contributed by atoms with Crippen molar-refractivity contribution in [3.63, 3.8) is 0 Å². The van der Waals surface area contributed by atoms with Crippen LogP contribution in [0.2, 0.25) is 0 Å². The molecule has 1 saturated carbocycles. The van der Waals surface area contributed by atoms with Crippen molar-refractivity contribution in [1.29, 1.82) is 0 Å². The average Bonchev–Trinajstić information content (AvgIpc) is 3.27. The lowest BCUT2D eigenvalue weighted by molar-refractivity contribution is -0.120. The van der Waals surface area contributed by atoms with Gasteiger partial charge in [-0.2, -0.15) is 0 Å². The first-order valence-electron chi connectivity index (χ1n) is 9.28. The fourth-order valence-corrected chi connectivity index (χ4v) is 3.84. The van der Waals surface area contributed by atoms with Crippen LogP contribution >= 0.6 is 11.3 Å². The predicted molar refractivity (Wildman–Crippen MR) is 108 cm³/mol. The van der Waals surface area contributed by atoms with Gasteiger partial charge in [-0.1, -0.05) is 18.2 Å². The SMILES string of the molecule is COc1cccc(CC(=O)NCCn2nc(-c3cccs3)n(C3CC3)c2=O)c1. The quantitative estimate of drug-likeness (QED) is 0.632. The van der Waals surface area contributed by atoms with Gasteiger partial charge in [0.05, 0.1) is 25.0 Å². The third-order valence-corrected chi connectivity index (χ3v) is 5.53. The van der Waals surface area contributed by atoms with Crippen LogP contribution in [0.5, 0.6) is 5.75 Å². The minimum atomic E-state index is -0.104. The molecule has 7 nitrogen and oxygen atoms in total. The van der Waals surface area contributed by atoms with E-state index in [1.807, 2.05) is 41.8 Å². The number of nitrogens with zero attached hydrogens (tertiary/aromatic N) is 3. The molecule has 0 atom stereocenters. The van der Waals surface area contributed by atoms with Crippen molar-refractivity contribution in [2.24, 2.45) is 0 Å². The van der Waals surface area contributed by atoms with Crippen molar-refractivity contribution in [3.8, 4) is 16.5 Å². The van der Waals surface area contributed by atoms with E-state index in [9.17, 15) is 9.59 Å². The van der Waals surface area contributed by atoms with E-state index in [4.69, 9.17) is 4.74 Å². The highest BCUT2D eigenvalue weighted by Gasteiger charge is 2.30. The summed E-state index contributed by atoms with van der Waals surface area (Å²) in [4.78, 5) is 25.9. The predicted octanol–water partition coefficient (Wildman–Crippen LogP) is 2.48. The molecule has 0 spiro atoms. The fraction of sp³-hybridized carbons (Fsp3) is 0.350. The highest BCUT2D eigenvalue weighted by atomic mass is 32.1. The van der Waals surface area contributed by atoms with E-state index in [-0.39, 0.29) is 24.1 Å². The topological polar surface area (TPSA) is 78.2 Å². The molecule has 0 aliphatic heterocycles. The Labute approximate surface area is 166 Å². The lowest BCUT2D eigenvalue weighted by atomic mass is 10.1. The molecule has 1 aromatic carbocycles. The first kappa shape index (κ1) is 18.5. The maximum atomic E-state index is 12.7. The highest BCUT2D eigenvalue weighted by molar-refractivity contribution is 7.13. The molecule has 2 aromatic heterocycles. The Morgan fingerprint density at radius 3 is 2.89 bits per heavy atom. The van der Waals surface area contributed by atoms with Gasteiger partial charge in [0.1, 0.15) is 5.75 Å². The monoisotopic (exact) mass is 398 g/mol. The lowest BCUT2D eigenvalue weighted by Crippen LogP contribution is -2.32. The Morgan fingerprint density at radius 2 is 2.18 bits per heavy atom. The third-order valence-electron chi connectivity index (χ3n) is 4.67. The van der Waals surface area contributed by atoms with Crippen molar-refractivity contribution >= 4 is 17.2 Å². The van der Waals surface area contributed by atoms with E-state index in [0.717, 1.165) is 34.9 Å². The van der Waals surface area contributed by atoms with Gasteiger partial charge in [-0.25, -0.2) is 9.48 Å². The number of hydrogen-bond donors (Lipinski definition) is 1. The second-order valence-corrected chi connectivity index (χ2v) is 7.73. The zero-order valence-electron chi connectivity index (χ0n) is 15.6. The highest BCUT2D eigenvalue weighted by Crippen LogP contribution is 2.37. The van der Waals surface area contributed by atoms with Crippen LogP contribution in [-0.4, -0.2) is 33.9 Å². The van der Waals surface area contributed by atoms with E-state index < -0.39 is 0 Å². The van der Waals surface area contributed by atoms with Crippen molar-refractivity contribution in [3.05, 3.63) is 57.8 Å². The summed E-state index contributed by atoms with van der Waals surface area (Å²) >= 11 is 1.57. The molecular weight excluding hydrogens is 376 g/mol. The number of nitrogens with one attached hydrogen (secondary N) is 1. The van der Waals surface area contributed by atoms with E-state index in [0.29, 0.717) is 13.1 Å². The molecule has 1 fully saturated rings. The summed E-state index contributed by atoms with van der Waals surface area (Å²) in [5.74, 6) is 1.36.